The fourth-order valence-electron chi connectivity index (χ4n) is 3.33. The number of piperidine rings is 1. The van der Waals surface area contributed by atoms with Gasteiger partial charge in [-0.3, -0.25) is 0 Å². The second-order valence-electron chi connectivity index (χ2n) is 6.92. The number of rotatable bonds is 5. The van der Waals surface area contributed by atoms with Gasteiger partial charge in [-0.2, -0.15) is 10.1 Å². The van der Waals surface area contributed by atoms with Crippen molar-refractivity contribution in [3.63, 3.8) is 0 Å². The maximum absolute atomic E-state index is 6.18. The van der Waals surface area contributed by atoms with E-state index in [1.54, 1.807) is 6.20 Å². The van der Waals surface area contributed by atoms with E-state index in [0.717, 1.165) is 30.0 Å². The van der Waals surface area contributed by atoms with Crippen molar-refractivity contribution in [3.05, 3.63) is 59.2 Å². The average Bonchev–Trinajstić information content (AvgIpc) is 2.73. The number of nitrogens with one attached hydrogen (secondary N) is 2. The summed E-state index contributed by atoms with van der Waals surface area (Å²) in [5.74, 6) is 1.04. The van der Waals surface area contributed by atoms with Crippen molar-refractivity contribution < 1.29 is 0 Å². The maximum Gasteiger partial charge on any atom is 0.249 e. The predicted octanol–water partition coefficient (Wildman–Crippen LogP) is 5.31. The van der Waals surface area contributed by atoms with E-state index in [2.05, 4.69) is 55.0 Å². The highest BCUT2D eigenvalue weighted by atomic mass is 35.5. The molecule has 0 bridgehead atoms. The van der Waals surface area contributed by atoms with Crippen LogP contribution in [-0.2, 0) is 0 Å². The molecule has 0 spiro atoms. The normalized spacial score (nSPS) is 14.0. The Kier molecular flexibility index (Phi) is 5.58. The standard InChI is InChI=1S/C21H23ClN6/c1-15-18(22)6-5-7-19(15)25-20-14-23-27-21(26-20)24-16-8-10-17(11-9-16)28-12-3-2-4-13-28/h5-11,14H,2-4,12-13H2,1H3,(H2,24,25,26,27). The minimum Gasteiger partial charge on any atom is -0.372 e. The van der Waals surface area contributed by atoms with Crippen molar-refractivity contribution in [2.75, 3.05) is 28.6 Å². The summed E-state index contributed by atoms with van der Waals surface area (Å²) in [7, 11) is 0. The van der Waals surface area contributed by atoms with Crippen LogP contribution >= 0.6 is 11.6 Å². The number of halogens is 1. The zero-order valence-electron chi connectivity index (χ0n) is 15.8. The number of aromatic nitrogens is 3. The SMILES string of the molecule is Cc1c(Cl)cccc1Nc1cnnc(Nc2ccc(N3CCCCC3)cc2)n1. The van der Waals surface area contributed by atoms with Gasteiger partial charge in [-0.25, -0.2) is 0 Å². The molecule has 28 heavy (non-hydrogen) atoms. The maximum atomic E-state index is 6.18. The van der Waals surface area contributed by atoms with Gasteiger partial charge in [-0.15, -0.1) is 5.10 Å². The lowest BCUT2D eigenvalue weighted by atomic mass is 10.1. The molecule has 1 fully saturated rings. The summed E-state index contributed by atoms with van der Waals surface area (Å²) in [5, 5.41) is 15.3. The van der Waals surface area contributed by atoms with Crippen LogP contribution in [-0.4, -0.2) is 28.3 Å². The number of benzene rings is 2. The Bertz CT molecular complexity index is 938. The monoisotopic (exact) mass is 394 g/mol. The molecule has 4 rings (SSSR count). The number of nitrogens with zero attached hydrogens (tertiary/aromatic N) is 4. The third-order valence-corrected chi connectivity index (χ3v) is 5.34. The Morgan fingerprint density at radius 3 is 2.54 bits per heavy atom. The summed E-state index contributed by atoms with van der Waals surface area (Å²) in [6.07, 6.45) is 5.46. The van der Waals surface area contributed by atoms with Gasteiger partial charge in [0.25, 0.3) is 0 Å². The number of hydrogen-bond donors (Lipinski definition) is 2. The molecule has 6 nitrogen and oxygen atoms in total. The lowest BCUT2D eigenvalue weighted by Crippen LogP contribution is -2.29. The van der Waals surface area contributed by atoms with E-state index in [4.69, 9.17) is 11.6 Å². The molecule has 7 heteroatoms. The van der Waals surface area contributed by atoms with Crippen molar-refractivity contribution in [2.24, 2.45) is 0 Å². The van der Waals surface area contributed by atoms with Crippen LogP contribution in [0.25, 0.3) is 0 Å². The Morgan fingerprint density at radius 1 is 0.964 bits per heavy atom. The van der Waals surface area contributed by atoms with Crippen molar-refractivity contribution >= 4 is 40.4 Å². The largest absolute Gasteiger partial charge is 0.372 e. The summed E-state index contributed by atoms with van der Waals surface area (Å²) in [6.45, 7) is 4.23. The van der Waals surface area contributed by atoms with Gasteiger partial charge >= 0.3 is 0 Å². The Hall–Kier alpha value is -2.86. The molecule has 1 aliphatic heterocycles. The van der Waals surface area contributed by atoms with Gasteiger partial charge in [0, 0.05) is 35.2 Å². The van der Waals surface area contributed by atoms with Gasteiger partial charge in [0.1, 0.15) is 0 Å². The van der Waals surface area contributed by atoms with Gasteiger partial charge in [0.05, 0.1) is 6.20 Å². The van der Waals surface area contributed by atoms with Crippen molar-refractivity contribution in [1.82, 2.24) is 15.2 Å². The third-order valence-electron chi connectivity index (χ3n) is 4.93. The fraction of sp³-hybridized carbons (Fsp3) is 0.286. The van der Waals surface area contributed by atoms with Crippen LogP contribution in [0.15, 0.2) is 48.7 Å². The first-order valence-corrected chi connectivity index (χ1v) is 9.91. The summed E-state index contributed by atoms with van der Waals surface area (Å²) in [5.41, 5.74) is 4.05. The summed E-state index contributed by atoms with van der Waals surface area (Å²) in [6, 6.07) is 14.1. The highest BCUT2D eigenvalue weighted by Gasteiger charge is 2.11. The van der Waals surface area contributed by atoms with Gasteiger partial charge in [-0.1, -0.05) is 17.7 Å². The van der Waals surface area contributed by atoms with Crippen LogP contribution in [0.2, 0.25) is 5.02 Å². The van der Waals surface area contributed by atoms with Crippen LogP contribution in [0.3, 0.4) is 0 Å². The summed E-state index contributed by atoms with van der Waals surface area (Å²) < 4.78 is 0. The molecular weight excluding hydrogens is 372 g/mol. The molecule has 2 N–H and O–H groups in total. The molecule has 2 heterocycles. The highest BCUT2D eigenvalue weighted by molar-refractivity contribution is 6.31. The molecule has 144 valence electrons. The van der Waals surface area contributed by atoms with Gasteiger partial charge < -0.3 is 15.5 Å². The van der Waals surface area contributed by atoms with Crippen molar-refractivity contribution in [2.45, 2.75) is 26.2 Å². The molecule has 1 aromatic heterocycles. The fourth-order valence-corrected chi connectivity index (χ4v) is 3.51. The predicted molar refractivity (Wildman–Crippen MR) is 115 cm³/mol. The lowest BCUT2D eigenvalue weighted by molar-refractivity contribution is 0.578. The minimum absolute atomic E-state index is 0.440. The van der Waals surface area contributed by atoms with Crippen molar-refractivity contribution in [3.8, 4) is 0 Å². The minimum atomic E-state index is 0.440. The molecule has 1 saturated heterocycles. The van der Waals surface area contributed by atoms with E-state index in [1.165, 1.54) is 24.9 Å². The summed E-state index contributed by atoms with van der Waals surface area (Å²) >= 11 is 6.18. The first-order valence-electron chi connectivity index (χ1n) is 9.53. The number of anilines is 5. The van der Waals surface area contributed by atoms with Gasteiger partial charge in [0.2, 0.25) is 5.95 Å². The molecule has 3 aromatic rings. The van der Waals surface area contributed by atoms with E-state index < -0.39 is 0 Å². The third kappa shape index (κ3) is 4.34. The van der Waals surface area contributed by atoms with E-state index in [-0.39, 0.29) is 0 Å². The molecule has 0 aliphatic carbocycles. The van der Waals surface area contributed by atoms with E-state index >= 15 is 0 Å². The molecule has 0 radical (unpaired) electrons. The zero-order valence-corrected chi connectivity index (χ0v) is 16.6. The summed E-state index contributed by atoms with van der Waals surface area (Å²) in [4.78, 5) is 6.93. The first kappa shape index (κ1) is 18.5. The average molecular weight is 395 g/mol. The lowest BCUT2D eigenvalue weighted by Gasteiger charge is -2.28. The Morgan fingerprint density at radius 2 is 1.75 bits per heavy atom. The van der Waals surface area contributed by atoms with Gasteiger partial charge in [0.15, 0.2) is 5.82 Å². The van der Waals surface area contributed by atoms with E-state index in [0.29, 0.717) is 16.8 Å². The quantitative estimate of drug-likeness (QED) is 0.611. The molecular formula is C21H23ClN6. The Balaban J connectivity index is 1.45. The van der Waals surface area contributed by atoms with Crippen molar-refractivity contribution in [1.29, 1.82) is 0 Å². The van der Waals surface area contributed by atoms with E-state index in [1.807, 2.05) is 25.1 Å². The molecule has 2 aromatic carbocycles. The molecule has 0 unspecified atom stereocenters. The van der Waals surface area contributed by atoms with Crippen LogP contribution in [0.5, 0.6) is 0 Å². The van der Waals surface area contributed by atoms with Crippen LogP contribution in [0, 0.1) is 6.92 Å². The molecule has 1 aliphatic rings. The first-order chi connectivity index (χ1) is 13.7. The smallest absolute Gasteiger partial charge is 0.249 e. The zero-order chi connectivity index (χ0) is 19.3. The van der Waals surface area contributed by atoms with E-state index in [9.17, 15) is 0 Å². The second kappa shape index (κ2) is 8.44. The second-order valence-corrected chi connectivity index (χ2v) is 7.33. The molecule has 0 amide bonds. The topological polar surface area (TPSA) is 66.0 Å². The molecule has 0 saturated carbocycles. The van der Waals surface area contributed by atoms with Crippen LogP contribution in [0.4, 0.5) is 28.8 Å². The van der Waals surface area contributed by atoms with Crippen LogP contribution < -0.4 is 15.5 Å². The highest BCUT2D eigenvalue weighted by Crippen LogP contribution is 2.26. The molecule has 0 atom stereocenters. The van der Waals surface area contributed by atoms with Crippen LogP contribution in [0.1, 0.15) is 24.8 Å². The Labute approximate surface area is 170 Å². The van der Waals surface area contributed by atoms with Gasteiger partial charge in [-0.05, 0) is 68.1 Å². The number of hydrogen-bond acceptors (Lipinski definition) is 6.